The molecule has 154 valence electrons. The highest BCUT2D eigenvalue weighted by Gasteiger charge is 2.27. The smallest absolute Gasteiger partial charge is 0.271 e. The number of hydrogen-bond donors (Lipinski definition) is 1. The second-order valence-corrected chi connectivity index (χ2v) is 8.40. The molecule has 0 heterocycles. The van der Waals surface area contributed by atoms with Crippen molar-refractivity contribution in [3.05, 3.63) is 94.0 Å². The first-order valence-electron chi connectivity index (χ1n) is 8.65. The van der Waals surface area contributed by atoms with E-state index in [-0.39, 0.29) is 21.3 Å². The number of nitrogens with one attached hydrogen (secondary N) is 1. The van der Waals surface area contributed by atoms with Crippen LogP contribution in [0, 0.1) is 10.1 Å². The van der Waals surface area contributed by atoms with Crippen molar-refractivity contribution in [2.75, 3.05) is 16.2 Å². The number of rotatable bonds is 7. The van der Waals surface area contributed by atoms with Crippen LogP contribution in [-0.2, 0) is 14.8 Å². The Morgan fingerprint density at radius 3 is 2.20 bits per heavy atom. The van der Waals surface area contributed by atoms with Crippen LogP contribution in [0.3, 0.4) is 0 Å². The van der Waals surface area contributed by atoms with Crippen molar-refractivity contribution in [2.24, 2.45) is 0 Å². The lowest BCUT2D eigenvalue weighted by atomic mass is 10.2. The van der Waals surface area contributed by atoms with Crippen LogP contribution < -0.4 is 9.62 Å². The summed E-state index contributed by atoms with van der Waals surface area (Å²) in [5.74, 6) is -0.708. The minimum Gasteiger partial charge on any atom is -0.323 e. The van der Waals surface area contributed by atoms with Gasteiger partial charge in [0.1, 0.15) is 6.54 Å². The van der Waals surface area contributed by atoms with Crippen LogP contribution in [-0.4, -0.2) is 25.8 Å². The zero-order valence-electron chi connectivity index (χ0n) is 15.4. The van der Waals surface area contributed by atoms with Crippen LogP contribution in [0.15, 0.2) is 83.8 Å². The molecule has 30 heavy (non-hydrogen) atoms. The topological polar surface area (TPSA) is 110 Å². The number of anilines is 2. The summed E-state index contributed by atoms with van der Waals surface area (Å²) in [6.07, 6.45) is 0. The molecule has 0 saturated heterocycles. The van der Waals surface area contributed by atoms with Gasteiger partial charge in [-0.2, -0.15) is 0 Å². The molecule has 1 N–H and O–H groups in total. The van der Waals surface area contributed by atoms with E-state index in [4.69, 9.17) is 11.6 Å². The van der Waals surface area contributed by atoms with Gasteiger partial charge in [0.25, 0.3) is 15.7 Å². The summed E-state index contributed by atoms with van der Waals surface area (Å²) < 4.78 is 27.3. The molecule has 0 bridgehead atoms. The van der Waals surface area contributed by atoms with Gasteiger partial charge in [0.2, 0.25) is 5.91 Å². The Hall–Kier alpha value is -3.43. The lowest BCUT2D eigenvalue weighted by Gasteiger charge is -2.24. The van der Waals surface area contributed by atoms with Crippen molar-refractivity contribution in [1.82, 2.24) is 0 Å². The van der Waals surface area contributed by atoms with Gasteiger partial charge in [-0.15, -0.1) is 0 Å². The molecule has 0 atom stereocenters. The summed E-state index contributed by atoms with van der Waals surface area (Å²) in [5.41, 5.74) is 0.0501. The second-order valence-electron chi connectivity index (χ2n) is 6.13. The number of nitro groups is 1. The number of nitrogens with zero attached hydrogens (tertiary/aromatic N) is 2. The Morgan fingerprint density at radius 2 is 1.60 bits per heavy atom. The standard InChI is InChI=1S/C20H16ClN3O5S/c21-18-12-11-16(24(26)27)13-19(18)22-20(25)14-23(15-7-3-1-4-8-15)30(28,29)17-9-5-2-6-10-17/h1-13H,14H2,(H,22,25). The number of non-ortho nitro benzene ring substituents is 1. The summed E-state index contributed by atoms with van der Waals surface area (Å²) in [7, 11) is -4.04. The predicted molar refractivity (Wildman–Crippen MR) is 114 cm³/mol. The molecule has 0 radical (unpaired) electrons. The average Bonchev–Trinajstić information content (AvgIpc) is 2.74. The van der Waals surface area contributed by atoms with Crippen molar-refractivity contribution < 1.29 is 18.1 Å². The molecule has 0 spiro atoms. The van der Waals surface area contributed by atoms with Crippen molar-refractivity contribution in [3.8, 4) is 0 Å². The van der Waals surface area contributed by atoms with Crippen molar-refractivity contribution >= 4 is 44.6 Å². The maximum atomic E-state index is 13.2. The van der Waals surface area contributed by atoms with Crippen LogP contribution >= 0.6 is 11.6 Å². The molecule has 0 fully saturated rings. The van der Waals surface area contributed by atoms with Gasteiger partial charge in [-0.1, -0.05) is 48.0 Å². The van der Waals surface area contributed by atoms with Crippen LogP contribution in [0.25, 0.3) is 0 Å². The van der Waals surface area contributed by atoms with E-state index >= 15 is 0 Å². The summed E-state index contributed by atoms with van der Waals surface area (Å²) >= 11 is 6.02. The zero-order valence-corrected chi connectivity index (χ0v) is 17.0. The molecule has 8 nitrogen and oxygen atoms in total. The van der Waals surface area contributed by atoms with E-state index in [0.29, 0.717) is 5.69 Å². The number of halogens is 1. The fourth-order valence-corrected chi connectivity index (χ4v) is 4.28. The highest BCUT2D eigenvalue weighted by molar-refractivity contribution is 7.92. The molecule has 3 rings (SSSR count). The molecule has 10 heteroatoms. The van der Waals surface area contributed by atoms with Crippen molar-refractivity contribution in [2.45, 2.75) is 4.90 Å². The van der Waals surface area contributed by atoms with Crippen LogP contribution in [0.2, 0.25) is 5.02 Å². The highest BCUT2D eigenvalue weighted by atomic mass is 35.5. The van der Waals surface area contributed by atoms with E-state index in [0.717, 1.165) is 10.4 Å². The Balaban J connectivity index is 1.92. The molecular formula is C20H16ClN3O5S. The van der Waals surface area contributed by atoms with Crippen LogP contribution in [0.4, 0.5) is 17.1 Å². The lowest BCUT2D eigenvalue weighted by molar-refractivity contribution is -0.384. The van der Waals surface area contributed by atoms with E-state index in [1.54, 1.807) is 48.5 Å². The third kappa shape index (κ3) is 4.76. The van der Waals surface area contributed by atoms with E-state index in [9.17, 15) is 23.3 Å². The number of benzene rings is 3. The molecule has 0 aliphatic heterocycles. The number of hydrogen-bond acceptors (Lipinski definition) is 5. The Morgan fingerprint density at radius 1 is 1.00 bits per heavy atom. The van der Waals surface area contributed by atoms with Crippen molar-refractivity contribution in [1.29, 1.82) is 0 Å². The van der Waals surface area contributed by atoms with E-state index in [1.807, 2.05) is 0 Å². The molecule has 0 aliphatic rings. The summed E-state index contributed by atoms with van der Waals surface area (Å²) in [4.78, 5) is 23.0. The Bertz CT molecular complexity index is 1170. The lowest BCUT2D eigenvalue weighted by Crippen LogP contribution is -2.38. The molecule has 0 aliphatic carbocycles. The number of amides is 1. The van der Waals surface area contributed by atoms with Crippen molar-refractivity contribution in [3.63, 3.8) is 0 Å². The quantitative estimate of drug-likeness (QED) is 0.435. The molecule has 1 amide bonds. The maximum absolute atomic E-state index is 13.2. The Kier molecular flexibility index (Phi) is 6.34. The first-order valence-corrected chi connectivity index (χ1v) is 10.5. The number of carbonyl (C=O) groups is 1. The number of sulfonamides is 1. The number of nitro benzene ring substituents is 1. The van der Waals surface area contributed by atoms with Crippen LogP contribution in [0.5, 0.6) is 0 Å². The molecular weight excluding hydrogens is 430 g/mol. The van der Waals surface area contributed by atoms with Gasteiger partial charge in [0.15, 0.2) is 0 Å². The maximum Gasteiger partial charge on any atom is 0.271 e. The summed E-state index contributed by atoms with van der Waals surface area (Å²) in [6, 6.07) is 19.5. The summed E-state index contributed by atoms with van der Waals surface area (Å²) in [6.45, 7) is -0.555. The molecule has 3 aromatic carbocycles. The zero-order chi connectivity index (χ0) is 21.7. The van der Waals surface area contributed by atoms with Gasteiger partial charge in [-0.25, -0.2) is 8.42 Å². The third-order valence-electron chi connectivity index (χ3n) is 4.10. The van der Waals surface area contributed by atoms with Crippen LogP contribution in [0.1, 0.15) is 0 Å². The number of para-hydroxylation sites is 1. The summed E-state index contributed by atoms with van der Waals surface area (Å²) in [5, 5.41) is 13.5. The SMILES string of the molecule is O=C(CN(c1ccccc1)S(=O)(=O)c1ccccc1)Nc1cc([N+](=O)[O-])ccc1Cl. The van der Waals surface area contributed by atoms with E-state index in [2.05, 4.69) is 5.32 Å². The van der Waals surface area contributed by atoms with Gasteiger partial charge in [0.05, 0.1) is 26.2 Å². The fourth-order valence-electron chi connectivity index (χ4n) is 2.67. The first-order chi connectivity index (χ1) is 14.3. The average molecular weight is 446 g/mol. The van der Waals surface area contributed by atoms with Gasteiger partial charge in [-0.05, 0) is 30.3 Å². The van der Waals surface area contributed by atoms with E-state index < -0.39 is 27.4 Å². The second kappa shape index (κ2) is 8.93. The van der Waals surface area contributed by atoms with Gasteiger partial charge in [0, 0.05) is 12.1 Å². The molecule has 0 saturated carbocycles. The minimum atomic E-state index is -4.04. The van der Waals surface area contributed by atoms with Gasteiger partial charge >= 0.3 is 0 Å². The fraction of sp³-hybridized carbons (Fsp3) is 0.0500. The normalized spacial score (nSPS) is 11.0. The Labute approximate surface area is 177 Å². The monoisotopic (exact) mass is 445 g/mol. The van der Waals surface area contributed by atoms with Gasteiger partial charge < -0.3 is 5.32 Å². The van der Waals surface area contributed by atoms with Gasteiger partial charge in [-0.3, -0.25) is 19.2 Å². The minimum absolute atomic E-state index is 0.0148. The first kappa shape index (κ1) is 21.3. The number of carbonyl (C=O) groups excluding carboxylic acids is 1. The highest BCUT2D eigenvalue weighted by Crippen LogP contribution is 2.27. The predicted octanol–water partition coefficient (Wildman–Crippen LogP) is 4.08. The largest absolute Gasteiger partial charge is 0.323 e. The third-order valence-corrected chi connectivity index (χ3v) is 6.22. The van der Waals surface area contributed by atoms with E-state index in [1.165, 1.54) is 24.3 Å². The molecule has 3 aromatic rings. The molecule has 0 aromatic heterocycles. The molecule has 0 unspecified atom stereocenters.